The first-order valence-electron chi connectivity index (χ1n) is 5.46. The second kappa shape index (κ2) is 6.64. The molecule has 1 aromatic carbocycles. The summed E-state index contributed by atoms with van der Waals surface area (Å²) in [4.78, 5) is 4.41. The zero-order valence-electron chi connectivity index (χ0n) is 9.57. The molecule has 0 bridgehead atoms. The third-order valence-electron chi connectivity index (χ3n) is 2.94. The zero-order chi connectivity index (χ0) is 13.0. The summed E-state index contributed by atoms with van der Waals surface area (Å²) in [5, 5.41) is 5.03. The van der Waals surface area contributed by atoms with Crippen LogP contribution in [0.5, 0.6) is 0 Å². The van der Waals surface area contributed by atoms with Crippen molar-refractivity contribution < 1.29 is 0 Å². The lowest BCUT2D eigenvalue weighted by molar-refractivity contribution is 0.549. The van der Waals surface area contributed by atoms with Crippen LogP contribution in [0.15, 0.2) is 40.3 Å². The van der Waals surface area contributed by atoms with Crippen LogP contribution in [0.2, 0.25) is 0 Å². The molecule has 1 nitrogen and oxygen atoms in total. The van der Waals surface area contributed by atoms with E-state index < -0.39 is 0 Å². The van der Waals surface area contributed by atoms with Crippen LogP contribution < -0.4 is 0 Å². The van der Waals surface area contributed by atoms with Gasteiger partial charge >= 0.3 is 0 Å². The van der Waals surface area contributed by atoms with Crippen molar-refractivity contribution in [1.29, 1.82) is 0 Å². The van der Waals surface area contributed by atoms with Crippen LogP contribution in [0.1, 0.15) is 10.6 Å². The van der Waals surface area contributed by atoms with Gasteiger partial charge in [-0.25, -0.2) is 4.98 Å². The first-order valence-corrected chi connectivity index (χ1v) is 9.38. The van der Waals surface area contributed by atoms with E-state index >= 15 is 0 Å². The largest absolute Gasteiger partial charge is 0.250 e. The summed E-state index contributed by atoms with van der Waals surface area (Å²) < 4.78 is 1.11. The summed E-state index contributed by atoms with van der Waals surface area (Å²) in [5.74, 6) is 0. The van der Waals surface area contributed by atoms with E-state index in [0.717, 1.165) is 21.6 Å². The fraction of sp³-hybridized carbons (Fsp3) is 0.308. The van der Waals surface area contributed by atoms with Gasteiger partial charge in [-0.15, -0.1) is 11.3 Å². The van der Waals surface area contributed by atoms with Crippen molar-refractivity contribution in [3.05, 3.63) is 50.9 Å². The van der Waals surface area contributed by atoms with Crippen molar-refractivity contribution in [3.63, 3.8) is 0 Å². The predicted molar refractivity (Wildman–Crippen MR) is 89.2 cm³/mol. The molecule has 0 atom stereocenters. The highest BCUT2D eigenvalue weighted by atomic mass is 79.9. The first-order chi connectivity index (χ1) is 8.70. The van der Waals surface area contributed by atoms with Crippen molar-refractivity contribution in [2.75, 3.05) is 10.7 Å². The summed E-state index contributed by atoms with van der Waals surface area (Å²) in [6, 6.07) is 8.55. The van der Waals surface area contributed by atoms with Crippen LogP contribution in [0, 0.1) is 0 Å². The molecule has 18 heavy (non-hydrogen) atoms. The van der Waals surface area contributed by atoms with Crippen molar-refractivity contribution in [2.45, 2.75) is 11.8 Å². The van der Waals surface area contributed by atoms with Crippen LogP contribution in [0.25, 0.3) is 0 Å². The van der Waals surface area contributed by atoms with E-state index in [4.69, 9.17) is 0 Å². The molecule has 1 aromatic heterocycles. The molecule has 0 radical (unpaired) electrons. The third-order valence-corrected chi connectivity index (χ3v) is 6.40. The minimum atomic E-state index is 0.0541. The fourth-order valence-corrected chi connectivity index (χ4v) is 4.82. The van der Waals surface area contributed by atoms with Crippen molar-refractivity contribution in [2.24, 2.45) is 0 Å². The number of nitrogens with zero attached hydrogens (tertiary/aromatic N) is 1. The lowest BCUT2D eigenvalue weighted by Gasteiger charge is -2.30. The average Bonchev–Trinajstić information content (AvgIpc) is 2.90. The van der Waals surface area contributed by atoms with E-state index in [-0.39, 0.29) is 5.41 Å². The molecule has 2 aromatic rings. The maximum absolute atomic E-state index is 4.41. The number of halogens is 3. The molecule has 5 heteroatoms. The summed E-state index contributed by atoms with van der Waals surface area (Å²) in [6.45, 7) is 0. The van der Waals surface area contributed by atoms with Gasteiger partial charge < -0.3 is 0 Å². The van der Waals surface area contributed by atoms with Crippen molar-refractivity contribution >= 4 is 59.1 Å². The van der Waals surface area contributed by atoms with Gasteiger partial charge in [0, 0.05) is 38.5 Å². The standard InChI is InChI=1S/C13H12Br3NS/c14-8-13(9-15,7-12-17-5-6-18-12)10-1-3-11(16)4-2-10/h1-6H,7-9H2. The number of hydrogen-bond acceptors (Lipinski definition) is 2. The van der Waals surface area contributed by atoms with Crippen LogP contribution in [0.4, 0.5) is 0 Å². The minimum Gasteiger partial charge on any atom is -0.250 e. The first kappa shape index (κ1) is 14.7. The molecule has 96 valence electrons. The van der Waals surface area contributed by atoms with Crippen LogP contribution in [-0.2, 0) is 11.8 Å². The smallest absolute Gasteiger partial charge is 0.0934 e. The molecule has 0 N–H and O–H groups in total. The summed E-state index contributed by atoms with van der Waals surface area (Å²) >= 11 is 12.5. The molecule has 0 fully saturated rings. The minimum absolute atomic E-state index is 0.0541. The molecule has 1 heterocycles. The molecule has 0 amide bonds. The van der Waals surface area contributed by atoms with Crippen LogP contribution in [-0.4, -0.2) is 15.6 Å². The monoisotopic (exact) mass is 451 g/mol. The number of alkyl halides is 2. The van der Waals surface area contributed by atoms with Gasteiger partial charge in [0.1, 0.15) is 0 Å². The summed E-state index contributed by atoms with van der Waals surface area (Å²) in [5.41, 5.74) is 1.38. The molecule has 0 saturated heterocycles. The number of hydrogen-bond donors (Lipinski definition) is 0. The van der Waals surface area contributed by atoms with E-state index in [1.54, 1.807) is 11.3 Å². The van der Waals surface area contributed by atoms with E-state index in [1.807, 2.05) is 11.6 Å². The van der Waals surface area contributed by atoms with Gasteiger partial charge in [-0.1, -0.05) is 59.9 Å². The van der Waals surface area contributed by atoms with Gasteiger partial charge in [-0.05, 0) is 17.7 Å². The van der Waals surface area contributed by atoms with Gasteiger partial charge in [-0.3, -0.25) is 0 Å². The number of benzene rings is 1. The van der Waals surface area contributed by atoms with Crippen LogP contribution >= 0.6 is 59.1 Å². The van der Waals surface area contributed by atoms with Gasteiger partial charge in [-0.2, -0.15) is 0 Å². The molecule has 2 rings (SSSR count). The third kappa shape index (κ3) is 3.24. The highest BCUT2D eigenvalue weighted by Crippen LogP contribution is 2.34. The fourth-order valence-electron chi connectivity index (χ4n) is 1.82. The molecule has 0 aliphatic rings. The number of rotatable bonds is 5. The summed E-state index contributed by atoms with van der Waals surface area (Å²) in [6.07, 6.45) is 2.82. The molecule has 0 unspecified atom stereocenters. The lowest BCUT2D eigenvalue weighted by Crippen LogP contribution is -2.32. The van der Waals surface area contributed by atoms with Gasteiger partial charge in [0.2, 0.25) is 0 Å². The van der Waals surface area contributed by atoms with Gasteiger partial charge in [0.05, 0.1) is 5.01 Å². The molecular formula is C13H12Br3NS. The molecular weight excluding hydrogens is 442 g/mol. The van der Waals surface area contributed by atoms with Crippen molar-refractivity contribution in [3.8, 4) is 0 Å². The Morgan fingerprint density at radius 2 is 1.78 bits per heavy atom. The van der Waals surface area contributed by atoms with E-state index in [1.165, 1.54) is 10.6 Å². The topological polar surface area (TPSA) is 12.9 Å². The molecule has 0 saturated carbocycles. The lowest BCUT2D eigenvalue weighted by atomic mass is 9.82. The second-order valence-corrected chi connectivity index (χ2v) is 7.17. The Hall–Kier alpha value is 0.290. The predicted octanol–water partition coefficient (Wildman–Crippen LogP) is 5.18. The quantitative estimate of drug-likeness (QED) is 0.569. The highest BCUT2D eigenvalue weighted by Gasteiger charge is 2.31. The second-order valence-electron chi connectivity index (χ2n) is 4.16. The van der Waals surface area contributed by atoms with Crippen LogP contribution in [0.3, 0.4) is 0 Å². The Balaban J connectivity index is 2.33. The Labute approximate surface area is 136 Å². The van der Waals surface area contributed by atoms with E-state index in [0.29, 0.717) is 0 Å². The van der Waals surface area contributed by atoms with Gasteiger partial charge in [0.15, 0.2) is 0 Å². The van der Waals surface area contributed by atoms with Crippen molar-refractivity contribution in [1.82, 2.24) is 4.98 Å². The summed E-state index contributed by atoms with van der Waals surface area (Å²) in [7, 11) is 0. The Morgan fingerprint density at radius 3 is 2.28 bits per heavy atom. The molecule has 0 spiro atoms. The molecule has 0 aliphatic heterocycles. The Bertz CT molecular complexity index is 477. The zero-order valence-corrected chi connectivity index (χ0v) is 15.1. The number of thiazole rings is 1. The average molecular weight is 454 g/mol. The Kier molecular flexibility index (Phi) is 5.42. The highest BCUT2D eigenvalue weighted by molar-refractivity contribution is 9.10. The normalized spacial score (nSPS) is 11.7. The molecule has 0 aliphatic carbocycles. The van der Waals surface area contributed by atoms with Gasteiger partial charge in [0.25, 0.3) is 0 Å². The Morgan fingerprint density at radius 1 is 1.11 bits per heavy atom. The maximum Gasteiger partial charge on any atom is 0.0934 e. The SMILES string of the molecule is BrCC(CBr)(Cc1nccs1)c1ccc(Br)cc1. The van der Waals surface area contributed by atoms with E-state index in [9.17, 15) is 0 Å². The van der Waals surface area contributed by atoms with E-state index in [2.05, 4.69) is 77.0 Å². The number of aromatic nitrogens is 1. The maximum atomic E-state index is 4.41.